The van der Waals surface area contributed by atoms with Gasteiger partial charge in [-0.05, 0) is 49.2 Å². The molecule has 2 rings (SSSR count). The van der Waals surface area contributed by atoms with Crippen molar-refractivity contribution in [3.8, 4) is 0 Å². The third-order valence-corrected chi connectivity index (χ3v) is 2.90. The monoisotopic (exact) mass is 270 g/mol. The molecule has 2 aromatic carbocycles. The van der Waals surface area contributed by atoms with Gasteiger partial charge in [-0.3, -0.25) is 0 Å². The zero-order chi connectivity index (χ0) is 14.5. The maximum atomic E-state index is 11.9. The first-order valence-corrected chi connectivity index (χ1v) is 6.47. The Labute approximate surface area is 118 Å². The molecule has 0 spiro atoms. The van der Waals surface area contributed by atoms with Gasteiger partial charge in [0.2, 0.25) is 0 Å². The molecule has 4 nitrogen and oxygen atoms in total. The van der Waals surface area contributed by atoms with E-state index in [9.17, 15) is 9.90 Å². The summed E-state index contributed by atoms with van der Waals surface area (Å²) in [5.74, 6) is 0. The number of aryl methyl sites for hydroxylation is 1. The zero-order valence-electron chi connectivity index (χ0n) is 11.6. The summed E-state index contributed by atoms with van der Waals surface area (Å²) >= 11 is 0. The Kier molecular flexibility index (Phi) is 4.38. The van der Waals surface area contributed by atoms with Gasteiger partial charge in [0.1, 0.15) is 0 Å². The van der Waals surface area contributed by atoms with E-state index in [0.29, 0.717) is 5.69 Å². The summed E-state index contributed by atoms with van der Waals surface area (Å²) in [7, 11) is 0. The number of nitrogens with one attached hydrogen (secondary N) is 2. The second-order valence-electron chi connectivity index (χ2n) is 4.75. The van der Waals surface area contributed by atoms with E-state index in [1.807, 2.05) is 37.3 Å². The molecular formula is C16H18N2O2. The van der Waals surface area contributed by atoms with Crippen LogP contribution in [0.15, 0.2) is 48.5 Å². The van der Waals surface area contributed by atoms with Crippen LogP contribution in [-0.2, 0) is 0 Å². The molecule has 0 aliphatic heterocycles. The van der Waals surface area contributed by atoms with Crippen molar-refractivity contribution >= 4 is 17.4 Å². The molecule has 0 aliphatic rings. The predicted molar refractivity (Wildman–Crippen MR) is 80.9 cm³/mol. The van der Waals surface area contributed by atoms with Crippen molar-refractivity contribution in [2.75, 3.05) is 10.6 Å². The van der Waals surface area contributed by atoms with Crippen LogP contribution in [0.25, 0.3) is 0 Å². The van der Waals surface area contributed by atoms with Crippen molar-refractivity contribution in [1.29, 1.82) is 0 Å². The number of carbonyl (C=O) groups is 1. The van der Waals surface area contributed by atoms with E-state index in [-0.39, 0.29) is 6.03 Å². The Bertz CT molecular complexity index is 609. The van der Waals surface area contributed by atoms with Crippen LogP contribution >= 0.6 is 0 Å². The topological polar surface area (TPSA) is 61.4 Å². The standard InChI is InChI=1S/C16H18N2O2/c1-11-5-3-7-14(9-11)17-16(20)18-15-8-4-6-13(10-15)12(2)19/h3-10,12,19H,1-2H3,(H2,17,18,20). The van der Waals surface area contributed by atoms with Crippen molar-refractivity contribution in [2.45, 2.75) is 20.0 Å². The summed E-state index contributed by atoms with van der Waals surface area (Å²) in [5.41, 5.74) is 3.24. The number of anilines is 2. The minimum atomic E-state index is -0.559. The second-order valence-corrected chi connectivity index (χ2v) is 4.75. The first-order chi connectivity index (χ1) is 9.54. The average molecular weight is 270 g/mol. The lowest BCUT2D eigenvalue weighted by Crippen LogP contribution is -2.19. The summed E-state index contributed by atoms with van der Waals surface area (Å²) in [6.45, 7) is 3.65. The maximum absolute atomic E-state index is 11.9. The van der Waals surface area contributed by atoms with E-state index in [4.69, 9.17) is 0 Å². The fourth-order valence-corrected chi connectivity index (χ4v) is 1.89. The molecule has 2 aromatic rings. The molecule has 2 amide bonds. The summed E-state index contributed by atoms with van der Waals surface area (Å²) in [6.07, 6.45) is -0.559. The van der Waals surface area contributed by atoms with Gasteiger partial charge in [0, 0.05) is 11.4 Å². The Hall–Kier alpha value is -2.33. The fraction of sp³-hybridized carbons (Fsp3) is 0.188. The smallest absolute Gasteiger partial charge is 0.323 e. The molecule has 1 atom stereocenters. The number of urea groups is 1. The normalized spacial score (nSPS) is 11.8. The van der Waals surface area contributed by atoms with Gasteiger partial charge in [-0.2, -0.15) is 0 Å². The number of amides is 2. The average Bonchev–Trinajstić information content (AvgIpc) is 2.38. The van der Waals surface area contributed by atoms with Crippen LogP contribution < -0.4 is 10.6 Å². The minimum Gasteiger partial charge on any atom is -0.389 e. The van der Waals surface area contributed by atoms with Crippen LogP contribution in [0.2, 0.25) is 0 Å². The van der Waals surface area contributed by atoms with Crippen LogP contribution in [0.3, 0.4) is 0 Å². The fourth-order valence-electron chi connectivity index (χ4n) is 1.89. The van der Waals surface area contributed by atoms with Gasteiger partial charge in [0.05, 0.1) is 6.10 Å². The molecule has 0 saturated heterocycles. The Morgan fingerprint density at radius 2 is 1.65 bits per heavy atom. The van der Waals surface area contributed by atoms with Crippen LogP contribution in [0, 0.1) is 6.92 Å². The summed E-state index contributed by atoms with van der Waals surface area (Å²) in [4.78, 5) is 11.9. The Morgan fingerprint density at radius 3 is 2.25 bits per heavy atom. The lowest BCUT2D eigenvalue weighted by atomic mass is 10.1. The molecule has 104 valence electrons. The molecule has 4 heteroatoms. The minimum absolute atomic E-state index is 0.307. The largest absolute Gasteiger partial charge is 0.389 e. The molecule has 0 saturated carbocycles. The van der Waals surface area contributed by atoms with E-state index in [1.165, 1.54) is 0 Å². The summed E-state index contributed by atoms with van der Waals surface area (Å²) in [6, 6.07) is 14.4. The van der Waals surface area contributed by atoms with Crippen LogP contribution in [0.4, 0.5) is 16.2 Å². The van der Waals surface area contributed by atoms with Gasteiger partial charge in [0.15, 0.2) is 0 Å². The molecule has 0 aromatic heterocycles. The highest BCUT2D eigenvalue weighted by Gasteiger charge is 2.05. The lowest BCUT2D eigenvalue weighted by molar-refractivity contribution is 0.199. The number of rotatable bonds is 3. The van der Waals surface area contributed by atoms with Crippen molar-refractivity contribution in [1.82, 2.24) is 0 Å². The van der Waals surface area contributed by atoms with Gasteiger partial charge < -0.3 is 15.7 Å². The molecule has 0 fully saturated rings. The number of aliphatic hydroxyl groups is 1. The molecule has 0 heterocycles. The van der Waals surface area contributed by atoms with Crippen LogP contribution in [-0.4, -0.2) is 11.1 Å². The van der Waals surface area contributed by atoms with E-state index in [2.05, 4.69) is 10.6 Å². The molecule has 0 aliphatic carbocycles. The highest BCUT2D eigenvalue weighted by atomic mass is 16.3. The molecule has 0 bridgehead atoms. The third-order valence-electron chi connectivity index (χ3n) is 2.90. The third kappa shape index (κ3) is 3.83. The number of hydrogen-bond donors (Lipinski definition) is 3. The van der Waals surface area contributed by atoms with Gasteiger partial charge in [-0.25, -0.2) is 4.79 Å². The van der Waals surface area contributed by atoms with Crippen molar-refractivity contribution in [3.05, 3.63) is 59.7 Å². The molecule has 3 N–H and O–H groups in total. The number of benzene rings is 2. The number of carbonyl (C=O) groups excluding carboxylic acids is 1. The number of hydrogen-bond acceptors (Lipinski definition) is 2. The van der Waals surface area contributed by atoms with Crippen molar-refractivity contribution < 1.29 is 9.90 Å². The summed E-state index contributed by atoms with van der Waals surface area (Å²) < 4.78 is 0. The Morgan fingerprint density at radius 1 is 1.05 bits per heavy atom. The maximum Gasteiger partial charge on any atom is 0.323 e. The predicted octanol–water partition coefficient (Wildman–Crippen LogP) is 3.69. The first-order valence-electron chi connectivity index (χ1n) is 6.47. The van der Waals surface area contributed by atoms with E-state index in [1.54, 1.807) is 25.1 Å². The molecule has 1 unspecified atom stereocenters. The highest BCUT2D eigenvalue weighted by Crippen LogP contribution is 2.17. The van der Waals surface area contributed by atoms with E-state index < -0.39 is 6.10 Å². The lowest BCUT2D eigenvalue weighted by Gasteiger charge is -2.10. The molecular weight excluding hydrogens is 252 g/mol. The first kappa shape index (κ1) is 14.1. The van der Waals surface area contributed by atoms with E-state index in [0.717, 1.165) is 16.8 Å². The van der Waals surface area contributed by atoms with E-state index >= 15 is 0 Å². The number of aliphatic hydroxyl groups excluding tert-OH is 1. The quantitative estimate of drug-likeness (QED) is 0.796. The van der Waals surface area contributed by atoms with Crippen molar-refractivity contribution in [3.63, 3.8) is 0 Å². The van der Waals surface area contributed by atoms with Crippen LogP contribution in [0.5, 0.6) is 0 Å². The van der Waals surface area contributed by atoms with Gasteiger partial charge in [-0.1, -0.05) is 24.3 Å². The Balaban J connectivity index is 2.03. The molecule has 0 radical (unpaired) electrons. The molecule has 20 heavy (non-hydrogen) atoms. The van der Waals surface area contributed by atoms with Crippen LogP contribution in [0.1, 0.15) is 24.2 Å². The van der Waals surface area contributed by atoms with Crippen molar-refractivity contribution in [2.24, 2.45) is 0 Å². The van der Waals surface area contributed by atoms with Gasteiger partial charge in [-0.15, -0.1) is 0 Å². The zero-order valence-corrected chi connectivity index (χ0v) is 11.6. The SMILES string of the molecule is Cc1cccc(NC(=O)Nc2cccc(C(C)O)c2)c1. The summed E-state index contributed by atoms with van der Waals surface area (Å²) in [5, 5.41) is 15.0. The van der Waals surface area contributed by atoms with Gasteiger partial charge in [0.25, 0.3) is 0 Å². The highest BCUT2D eigenvalue weighted by molar-refractivity contribution is 5.99. The van der Waals surface area contributed by atoms with Gasteiger partial charge >= 0.3 is 6.03 Å². The second kappa shape index (κ2) is 6.21.